The molecule has 0 aliphatic carbocycles. The van der Waals surface area contributed by atoms with E-state index in [-0.39, 0.29) is 12.0 Å². The molecule has 40 heavy (non-hydrogen) atoms. The molecule has 212 valence electrons. The van der Waals surface area contributed by atoms with E-state index in [2.05, 4.69) is 15.2 Å². The third kappa shape index (κ3) is 5.54. The van der Waals surface area contributed by atoms with Gasteiger partial charge < -0.3 is 25.0 Å². The van der Waals surface area contributed by atoms with Crippen LogP contribution in [0.1, 0.15) is 35.5 Å². The molecule has 2 fully saturated rings. The summed E-state index contributed by atoms with van der Waals surface area (Å²) in [5.41, 5.74) is 4.00. The SMILES string of the molecule is Cc1nc(N2CCOCC2)c(NC(=O)c2cccc(C(C)(C)S(C)(=O)=O)c2)cc1-c1ccnc(N2CC(O)C2)c1. The molecule has 0 bridgehead atoms. The van der Waals surface area contributed by atoms with Crippen molar-refractivity contribution in [3.05, 3.63) is 65.5 Å². The number of ether oxygens (including phenoxy) is 1. The first kappa shape index (κ1) is 28.0. The van der Waals surface area contributed by atoms with E-state index in [0.29, 0.717) is 62.0 Å². The van der Waals surface area contributed by atoms with Crippen molar-refractivity contribution >= 4 is 33.1 Å². The van der Waals surface area contributed by atoms with Gasteiger partial charge in [-0.15, -0.1) is 0 Å². The highest BCUT2D eigenvalue weighted by atomic mass is 32.2. The van der Waals surface area contributed by atoms with Crippen LogP contribution in [-0.2, 0) is 19.3 Å². The summed E-state index contributed by atoms with van der Waals surface area (Å²) in [7, 11) is -3.41. The highest BCUT2D eigenvalue weighted by molar-refractivity contribution is 7.91. The van der Waals surface area contributed by atoms with Gasteiger partial charge in [0.1, 0.15) is 5.82 Å². The topological polar surface area (TPSA) is 125 Å². The number of amides is 1. The van der Waals surface area contributed by atoms with Gasteiger partial charge in [-0.05, 0) is 62.2 Å². The van der Waals surface area contributed by atoms with Crippen molar-refractivity contribution in [3.63, 3.8) is 0 Å². The van der Waals surface area contributed by atoms with Crippen molar-refractivity contribution < 1.29 is 23.1 Å². The fraction of sp³-hybridized carbons (Fsp3) is 0.414. The van der Waals surface area contributed by atoms with Crippen molar-refractivity contribution in [2.24, 2.45) is 0 Å². The first-order chi connectivity index (χ1) is 18.9. The average Bonchev–Trinajstić information content (AvgIpc) is 2.92. The van der Waals surface area contributed by atoms with Crippen LogP contribution >= 0.6 is 0 Å². The van der Waals surface area contributed by atoms with Gasteiger partial charge in [0.15, 0.2) is 15.7 Å². The second kappa shape index (κ2) is 10.8. The largest absolute Gasteiger partial charge is 0.389 e. The Hall–Kier alpha value is -3.54. The summed E-state index contributed by atoms with van der Waals surface area (Å²) in [5.74, 6) is 1.07. The molecule has 1 amide bonds. The minimum Gasteiger partial charge on any atom is -0.389 e. The van der Waals surface area contributed by atoms with Crippen LogP contribution in [0.25, 0.3) is 11.1 Å². The van der Waals surface area contributed by atoms with Crippen LogP contribution in [0, 0.1) is 6.92 Å². The van der Waals surface area contributed by atoms with Gasteiger partial charge in [-0.25, -0.2) is 18.4 Å². The second-order valence-electron chi connectivity index (χ2n) is 10.9. The number of aryl methyl sites for hydroxylation is 1. The van der Waals surface area contributed by atoms with Crippen LogP contribution in [0.15, 0.2) is 48.7 Å². The third-order valence-corrected chi connectivity index (χ3v) is 9.83. The molecular formula is C29H35N5O5S. The van der Waals surface area contributed by atoms with Crippen LogP contribution in [0.3, 0.4) is 0 Å². The predicted molar refractivity (Wildman–Crippen MR) is 156 cm³/mol. The van der Waals surface area contributed by atoms with Crippen LogP contribution in [0.4, 0.5) is 17.3 Å². The summed E-state index contributed by atoms with van der Waals surface area (Å²) in [6, 6.07) is 12.5. The number of hydrogen-bond acceptors (Lipinski definition) is 9. The number of β-amino-alcohol motifs (C(OH)–C–C–N with tert-alkyl or cyclic N) is 1. The van der Waals surface area contributed by atoms with Crippen LogP contribution in [0.5, 0.6) is 0 Å². The van der Waals surface area contributed by atoms with Crippen molar-refractivity contribution in [2.75, 3.05) is 60.8 Å². The molecule has 0 radical (unpaired) electrons. The Morgan fingerprint density at radius 3 is 2.50 bits per heavy atom. The normalized spacial score (nSPS) is 16.5. The van der Waals surface area contributed by atoms with Crippen molar-refractivity contribution in [1.82, 2.24) is 9.97 Å². The molecule has 4 heterocycles. The van der Waals surface area contributed by atoms with E-state index in [1.54, 1.807) is 44.3 Å². The number of nitrogens with zero attached hydrogens (tertiary/aromatic N) is 4. The number of anilines is 3. The number of pyridine rings is 2. The molecule has 2 saturated heterocycles. The quantitative estimate of drug-likeness (QED) is 0.445. The fourth-order valence-corrected chi connectivity index (χ4v) is 5.39. The fourth-order valence-electron chi connectivity index (χ4n) is 4.84. The minimum absolute atomic E-state index is 0.343. The summed E-state index contributed by atoms with van der Waals surface area (Å²) >= 11 is 0. The number of morpholine rings is 1. The van der Waals surface area contributed by atoms with E-state index >= 15 is 0 Å². The molecule has 2 N–H and O–H groups in total. The summed E-state index contributed by atoms with van der Waals surface area (Å²) < 4.78 is 29.2. The van der Waals surface area contributed by atoms with Gasteiger partial charge in [0.25, 0.3) is 5.91 Å². The monoisotopic (exact) mass is 565 g/mol. The highest BCUT2D eigenvalue weighted by Gasteiger charge is 2.33. The molecule has 2 aromatic heterocycles. The Balaban J connectivity index is 1.51. The van der Waals surface area contributed by atoms with Gasteiger partial charge in [0.2, 0.25) is 0 Å². The number of aliphatic hydroxyl groups is 1. The lowest BCUT2D eigenvalue weighted by Crippen LogP contribution is -2.51. The predicted octanol–water partition coefficient (Wildman–Crippen LogP) is 3.00. The summed E-state index contributed by atoms with van der Waals surface area (Å²) in [6.45, 7) is 8.70. The first-order valence-corrected chi connectivity index (χ1v) is 15.2. The van der Waals surface area contributed by atoms with E-state index in [0.717, 1.165) is 22.6 Å². The standard InChI is InChI=1S/C29H35N5O5S/c1-19-24(20-8-9-30-26(15-20)34-17-23(35)18-34)16-25(27(31-19)33-10-12-39-13-11-33)32-28(36)21-6-5-7-22(14-21)29(2,3)40(4,37)38/h5-9,14-16,23,35H,10-13,17-18H2,1-4H3,(H,32,36). The Morgan fingerprint density at radius 1 is 1.10 bits per heavy atom. The van der Waals surface area contributed by atoms with E-state index in [9.17, 15) is 18.3 Å². The molecule has 5 rings (SSSR count). The molecular weight excluding hydrogens is 530 g/mol. The Kier molecular flexibility index (Phi) is 7.56. The van der Waals surface area contributed by atoms with Crippen molar-refractivity contribution in [3.8, 4) is 11.1 Å². The second-order valence-corrected chi connectivity index (χ2v) is 13.4. The lowest BCUT2D eigenvalue weighted by molar-refractivity contribution is 0.102. The van der Waals surface area contributed by atoms with E-state index in [1.165, 1.54) is 6.26 Å². The van der Waals surface area contributed by atoms with Crippen LogP contribution < -0.4 is 15.1 Å². The van der Waals surface area contributed by atoms with Crippen LogP contribution in [-0.4, -0.2) is 81.2 Å². The number of hydrogen-bond donors (Lipinski definition) is 2. The zero-order valence-corrected chi connectivity index (χ0v) is 24.0. The molecule has 10 nitrogen and oxygen atoms in total. The number of aromatic nitrogens is 2. The number of benzene rings is 1. The molecule has 2 aliphatic heterocycles. The van der Waals surface area contributed by atoms with Gasteiger partial charge in [-0.3, -0.25) is 4.79 Å². The van der Waals surface area contributed by atoms with Gasteiger partial charge in [-0.1, -0.05) is 12.1 Å². The molecule has 0 saturated carbocycles. The third-order valence-electron chi connectivity index (χ3n) is 7.74. The van der Waals surface area contributed by atoms with Gasteiger partial charge >= 0.3 is 0 Å². The molecule has 0 spiro atoms. The number of rotatable bonds is 7. The molecule has 0 unspecified atom stereocenters. The van der Waals surface area contributed by atoms with Crippen molar-refractivity contribution in [2.45, 2.75) is 31.6 Å². The summed E-state index contributed by atoms with van der Waals surface area (Å²) in [4.78, 5) is 27.1. The molecule has 11 heteroatoms. The number of sulfone groups is 1. The summed E-state index contributed by atoms with van der Waals surface area (Å²) in [5, 5.41) is 12.8. The minimum atomic E-state index is -3.41. The van der Waals surface area contributed by atoms with E-state index in [1.807, 2.05) is 30.0 Å². The molecule has 3 aromatic rings. The summed E-state index contributed by atoms with van der Waals surface area (Å²) in [6.07, 6.45) is 2.59. The molecule has 0 atom stereocenters. The number of aliphatic hydroxyl groups excluding tert-OH is 1. The maximum atomic E-state index is 13.6. The highest BCUT2D eigenvalue weighted by Crippen LogP contribution is 2.35. The Labute approximate surface area is 234 Å². The van der Waals surface area contributed by atoms with E-state index in [4.69, 9.17) is 9.72 Å². The molecule has 2 aliphatic rings. The van der Waals surface area contributed by atoms with Crippen molar-refractivity contribution in [1.29, 1.82) is 0 Å². The smallest absolute Gasteiger partial charge is 0.255 e. The lowest BCUT2D eigenvalue weighted by Gasteiger charge is -2.37. The molecule has 1 aromatic carbocycles. The maximum Gasteiger partial charge on any atom is 0.255 e. The number of carbonyl (C=O) groups is 1. The Morgan fingerprint density at radius 2 is 1.82 bits per heavy atom. The van der Waals surface area contributed by atoms with Gasteiger partial charge in [-0.2, -0.15) is 0 Å². The zero-order valence-electron chi connectivity index (χ0n) is 23.2. The maximum absolute atomic E-state index is 13.6. The number of nitrogens with one attached hydrogen (secondary N) is 1. The van der Waals surface area contributed by atoms with Gasteiger partial charge in [0, 0.05) is 55.5 Å². The zero-order chi connectivity index (χ0) is 28.7. The lowest BCUT2D eigenvalue weighted by atomic mass is 9.99. The van der Waals surface area contributed by atoms with Gasteiger partial charge in [0.05, 0.1) is 29.8 Å². The van der Waals surface area contributed by atoms with Crippen LogP contribution in [0.2, 0.25) is 0 Å². The first-order valence-electron chi connectivity index (χ1n) is 13.3. The Bertz CT molecular complexity index is 1530. The van der Waals surface area contributed by atoms with E-state index < -0.39 is 14.6 Å². The number of carbonyl (C=O) groups excluding carboxylic acids is 1. The average molecular weight is 566 g/mol.